The van der Waals surface area contributed by atoms with Crippen molar-refractivity contribution in [3.8, 4) is 0 Å². The minimum absolute atomic E-state index is 0.580. The van der Waals surface area contributed by atoms with Gasteiger partial charge >= 0.3 is 0 Å². The largest absolute Gasteiger partial charge is 0.398 e. The van der Waals surface area contributed by atoms with Crippen LogP contribution in [0.15, 0.2) is 18.2 Å². The van der Waals surface area contributed by atoms with Gasteiger partial charge in [0, 0.05) is 15.8 Å². The SMILES string of the molecule is NCc1ccc(N)c(I)c1. The Labute approximate surface area is 73.7 Å². The summed E-state index contributed by atoms with van der Waals surface area (Å²) in [6, 6.07) is 5.82. The molecule has 4 N–H and O–H groups in total. The van der Waals surface area contributed by atoms with Gasteiger partial charge in [0.1, 0.15) is 0 Å². The first-order chi connectivity index (χ1) is 4.74. The van der Waals surface area contributed by atoms with E-state index in [1.54, 1.807) is 0 Å². The van der Waals surface area contributed by atoms with Crippen LogP contribution in [0.4, 0.5) is 5.69 Å². The van der Waals surface area contributed by atoms with Gasteiger partial charge in [0.05, 0.1) is 0 Å². The predicted octanol–water partition coefficient (Wildman–Crippen LogP) is 1.33. The molecule has 0 spiro atoms. The van der Waals surface area contributed by atoms with Crippen LogP contribution in [-0.4, -0.2) is 0 Å². The molecule has 0 aromatic heterocycles. The van der Waals surface area contributed by atoms with E-state index >= 15 is 0 Å². The topological polar surface area (TPSA) is 52.0 Å². The number of rotatable bonds is 1. The summed E-state index contributed by atoms with van der Waals surface area (Å²) in [7, 11) is 0. The van der Waals surface area contributed by atoms with E-state index in [2.05, 4.69) is 22.6 Å². The third-order valence-electron chi connectivity index (χ3n) is 1.30. The van der Waals surface area contributed by atoms with Crippen molar-refractivity contribution >= 4 is 28.3 Å². The maximum absolute atomic E-state index is 5.60. The molecule has 0 bridgehead atoms. The van der Waals surface area contributed by atoms with Crippen LogP contribution in [0.5, 0.6) is 0 Å². The molecule has 3 heteroatoms. The molecule has 0 amide bonds. The van der Waals surface area contributed by atoms with Crippen LogP contribution in [0.25, 0.3) is 0 Å². The first kappa shape index (κ1) is 7.81. The van der Waals surface area contributed by atoms with Gasteiger partial charge in [0.2, 0.25) is 0 Å². The molecule has 0 heterocycles. The third kappa shape index (κ3) is 1.60. The number of anilines is 1. The first-order valence-electron chi connectivity index (χ1n) is 2.98. The number of nitrogens with two attached hydrogens (primary N) is 2. The van der Waals surface area contributed by atoms with Gasteiger partial charge in [0.15, 0.2) is 0 Å². The van der Waals surface area contributed by atoms with Gasteiger partial charge < -0.3 is 11.5 Å². The van der Waals surface area contributed by atoms with E-state index in [9.17, 15) is 0 Å². The second-order valence-electron chi connectivity index (χ2n) is 2.06. The van der Waals surface area contributed by atoms with Gasteiger partial charge in [-0.2, -0.15) is 0 Å². The van der Waals surface area contributed by atoms with Crippen LogP contribution in [0.1, 0.15) is 5.56 Å². The molecule has 0 radical (unpaired) electrons. The van der Waals surface area contributed by atoms with Gasteiger partial charge in [-0.1, -0.05) is 6.07 Å². The van der Waals surface area contributed by atoms with E-state index in [0.29, 0.717) is 6.54 Å². The highest BCUT2D eigenvalue weighted by Gasteiger charge is 1.94. The molecule has 0 fully saturated rings. The van der Waals surface area contributed by atoms with Crippen LogP contribution in [0, 0.1) is 3.57 Å². The molecule has 1 aromatic rings. The Morgan fingerprint density at radius 1 is 1.40 bits per heavy atom. The van der Waals surface area contributed by atoms with Crippen molar-refractivity contribution in [1.29, 1.82) is 0 Å². The molecule has 0 saturated carbocycles. The number of hydrogen-bond donors (Lipinski definition) is 2. The lowest BCUT2D eigenvalue weighted by molar-refractivity contribution is 1.07. The van der Waals surface area contributed by atoms with E-state index in [1.165, 1.54) is 0 Å². The number of nitrogen functional groups attached to an aromatic ring is 1. The summed E-state index contributed by atoms with van der Waals surface area (Å²) >= 11 is 2.19. The number of benzene rings is 1. The van der Waals surface area contributed by atoms with Crippen LogP contribution < -0.4 is 11.5 Å². The Kier molecular flexibility index (Phi) is 2.50. The van der Waals surface area contributed by atoms with Crippen LogP contribution >= 0.6 is 22.6 Å². The summed E-state index contributed by atoms with van der Waals surface area (Å²) in [6.45, 7) is 0.580. The zero-order valence-corrected chi connectivity index (χ0v) is 7.63. The van der Waals surface area contributed by atoms with Gasteiger partial charge in [-0.15, -0.1) is 0 Å². The summed E-state index contributed by atoms with van der Waals surface area (Å²) in [4.78, 5) is 0. The Hall–Kier alpha value is -0.290. The lowest BCUT2D eigenvalue weighted by Gasteiger charge is -1.99. The molecule has 10 heavy (non-hydrogen) atoms. The third-order valence-corrected chi connectivity index (χ3v) is 2.23. The lowest BCUT2D eigenvalue weighted by atomic mass is 10.2. The van der Waals surface area contributed by atoms with Crippen molar-refractivity contribution < 1.29 is 0 Å². The molecule has 0 aliphatic carbocycles. The molecule has 54 valence electrons. The summed E-state index contributed by atoms with van der Waals surface area (Å²) in [5.41, 5.74) is 13.0. The van der Waals surface area contributed by atoms with E-state index < -0.39 is 0 Å². The molecule has 1 rings (SSSR count). The molecule has 0 atom stereocenters. The maximum atomic E-state index is 5.60. The van der Waals surface area contributed by atoms with Crippen molar-refractivity contribution in [2.75, 3.05) is 5.73 Å². The molecular weight excluding hydrogens is 239 g/mol. The van der Waals surface area contributed by atoms with Crippen LogP contribution in [-0.2, 0) is 6.54 Å². The van der Waals surface area contributed by atoms with Gasteiger partial charge in [-0.05, 0) is 40.3 Å². The van der Waals surface area contributed by atoms with Gasteiger partial charge in [-0.25, -0.2) is 0 Å². The van der Waals surface area contributed by atoms with Gasteiger partial charge in [0.25, 0.3) is 0 Å². The smallest absolute Gasteiger partial charge is 0.0449 e. The maximum Gasteiger partial charge on any atom is 0.0449 e. The fourth-order valence-electron chi connectivity index (χ4n) is 0.698. The molecule has 0 unspecified atom stereocenters. The van der Waals surface area contributed by atoms with Crippen molar-refractivity contribution in [2.24, 2.45) is 5.73 Å². The van der Waals surface area contributed by atoms with Crippen LogP contribution in [0.2, 0.25) is 0 Å². The standard InChI is InChI=1S/C7H9IN2/c8-6-3-5(4-9)1-2-7(6)10/h1-3H,4,9-10H2. The fraction of sp³-hybridized carbons (Fsp3) is 0.143. The predicted molar refractivity (Wildman–Crippen MR) is 51.5 cm³/mol. The Morgan fingerprint density at radius 2 is 2.10 bits per heavy atom. The molecule has 0 aliphatic heterocycles. The zero-order valence-electron chi connectivity index (χ0n) is 5.47. The molecule has 0 saturated heterocycles. The summed E-state index contributed by atoms with van der Waals surface area (Å²) in [6.07, 6.45) is 0. The normalized spacial score (nSPS) is 9.80. The summed E-state index contributed by atoms with van der Waals surface area (Å²) in [5.74, 6) is 0. The van der Waals surface area contributed by atoms with E-state index in [-0.39, 0.29) is 0 Å². The van der Waals surface area contributed by atoms with E-state index in [1.807, 2.05) is 18.2 Å². The second-order valence-corrected chi connectivity index (χ2v) is 3.22. The fourth-order valence-corrected chi connectivity index (χ4v) is 1.28. The Bertz CT molecular complexity index is 235. The zero-order chi connectivity index (χ0) is 7.56. The Morgan fingerprint density at radius 3 is 2.60 bits per heavy atom. The average Bonchev–Trinajstić information content (AvgIpc) is 1.95. The molecule has 2 nitrogen and oxygen atoms in total. The van der Waals surface area contributed by atoms with Crippen molar-refractivity contribution in [3.05, 3.63) is 27.3 Å². The highest BCUT2D eigenvalue weighted by atomic mass is 127. The highest BCUT2D eigenvalue weighted by molar-refractivity contribution is 14.1. The lowest BCUT2D eigenvalue weighted by Crippen LogP contribution is -1.97. The monoisotopic (exact) mass is 248 g/mol. The quantitative estimate of drug-likeness (QED) is 0.582. The Balaban J connectivity index is 3.04. The number of halogens is 1. The number of hydrogen-bond acceptors (Lipinski definition) is 2. The van der Waals surface area contributed by atoms with Crippen LogP contribution in [0.3, 0.4) is 0 Å². The average molecular weight is 248 g/mol. The second kappa shape index (κ2) is 3.21. The summed E-state index contributed by atoms with van der Waals surface area (Å²) < 4.78 is 1.07. The van der Waals surface area contributed by atoms with Crippen molar-refractivity contribution in [3.63, 3.8) is 0 Å². The minimum atomic E-state index is 0.580. The summed E-state index contributed by atoms with van der Waals surface area (Å²) in [5, 5.41) is 0. The van der Waals surface area contributed by atoms with Crippen molar-refractivity contribution in [2.45, 2.75) is 6.54 Å². The van der Waals surface area contributed by atoms with Gasteiger partial charge in [-0.3, -0.25) is 0 Å². The van der Waals surface area contributed by atoms with E-state index in [4.69, 9.17) is 11.5 Å². The highest BCUT2D eigenvalue weighted by Crippen LogP contribution is 2.15. The van der Waals surface area contributed by atoms with Crippen molar-refractivity contribution in [1.82, 2.24) is 0 Å². The molecule has 1 aromatic carbocycles. The first-order valence-corrected chi connectivity index (χ1v) is 4.06. The van der Waals surface area contributed by atoms with E-state index in [0.717, 1.165) is 14.8 Å². The molecular formula is C7H9IN2. The minimum Gasteiger partial charge on any atom is -0.398 e. The molecule has 0 aliphatic rings.